The molecule has 4 aromatic carbocycles. The third-order valence-corrected chi connectivity index (χ3v) is 11.0. The summed E-state index contributed by atoms with van der Waals surface area (Å²) in [6, 6.07) is 23.8. The number of fused-ring (bicyclic) bond motifs is 2. The molecular formula is C48H47N9O9. The molecule has 0 spiro atoms. The molecule has 2 aliphatic heterocycles. The van der Waals surface area contributed by atoms with Gasteiger partial charge in [0.15, 0.2) is 11.4 Å². The smallest absolute Gasteiger partial charge is 0.359 e. The highest BCUT2D eigenvalue weighted by Crippen LogP contribution is 2.27. The van der Waals surface area contributed by atoms with Crippen LogP contribution in [-0.4, -0.2) is 135 Å². The number of likely N-dealkylation sites (N-methyl/N-ethyl adjacent to an activating group) is 2. The summed E-state index contributed by atoms with van der Waals surface area (Å²) >= 11 is 0. The minimum absolute atomic E-state index is 0. The second-order valence-corrected chi connectivity index (χ2v) is 15.3. The number of hydrogen-bond acceptors (Lipinski definition) is 11. The molecule has 2 aromatic heterocycles. The van der Waals surface area contributed by atoms with Crippen molar-refractivity contribution >= 4 is 57.3 Å². The van der Waals surface area contributed by atoms with Crippen LogP contribution in [0.15, 0.2) is 84.9 Å². The van der Waals surface area contributed by atoms with Crippen LogP contribution in [0, 0.1) is 23.7 Å². The summed E-state index contributed by atoms with van der Waals surface area (Å²) in [6.45, 7) is 0.884. The van der Waals surface area contributed by atoms with Gasteiger partial charge in [-0.2, -0.15) is 10.2 Å². The van der Waals surface area contributed by atoms with E-state index in [1.165, 1.54) is 35.7 Å². The average Bonchev–Trinajstić information content (AvgIpc) is 4.05. The van der Waals surface area contributed by atoms with Crippen molar-refractivity contribution in [2.75, 3.05) is 48.4 Å². The number of amides is 5. The fourth-order valence-electron chi connectivity index (χ4n) is 7.35. The number of nitrogens with zero attached hydrogens (tertiary/aromatic N) is 6. The number of nitrogens with two attached hydrogens (primary N) is 1. The number of hydrogen-bond donors (Lipinski definition) is 5. The van der Waals surface area contributed by atoms with Crippen LogP contribution >= 0.6 is 0 Å². The normalized spacial score (nSPS) is 17.4. The van der Waals surface area contributed by atoms with Gasteiger partial charge in [0, 0.05) is 87.1 Å². The van der Waals surface area contributed by atoms with E-state index < -0.39 is 34.9 Å². The number of ether oxygens (including phenoxy) is 1. The van der Waals surface area contributed by atoms with E-state index in [2.05, 4.69) is 44.5 Å². The number of aromatic nitrogens is 4. The molecule has 2 atom stereocenters. The molecule has 5 amide bonds. The maximum atomic E-state index is 12.3. The Kier molecular flexibility index (Phi) is 13.4. The predicted molar refractivity (Wildman–Crippen MR) is 244 cm³/mol. The van der Waals surface area contributed by atoms with E-state index in [0.717, 1.165) is 0 Å². The highest BCUT2D eigenvalue weighted by molar-refractivity contribution is 6.08. The standard InChI is InChI=1S/C24H22N4O5.C23H21N5O4.CH4/c1-25-21(29)16-7-8-19-18(14-16)20(22(30)33-3)26-28(19)17-6-4-5-15(13-17)9-10-24(32)11-12-27(2)23(24)31;1-25-21(30)15-6-7-18-17(13-15)19(20(24)29)26-28(18)16-5-3-4-14(12-16)8-9-23(32)10-11-27(2)22(23)31;/h4-8,13-14,32H,11-12H2,1-3H3,(H,25,29);3-7,12-13,32H,10-11H2,1-2H3,(H2,24,29)(H,25,30);1H4/t24-;23-;/m00./s1. The minimum atomic E-state index is -1.70. The molecule has 2 saturated heterocycles. The van der Waals surface area contributed by atoms with Gasteiger partial charge in [-0.15, -0.1) is 0 Å². The van der Waals surface area contributed by atoms with Crippen LogP contribution in [0.25, 0.3) is 33.2 Å². The molecule has 338 valence electrons. The van der Waals surface area contributed by atoms with Crippen molar-refractivity contribution in [2.24, 2.45) is 5.73 Å². The first-order valence-corrected chi connectivity index (χ1v) is 20.1. The average molecular weight is 894 g/mol. The van der Waals surface area contributed by atoms with Gasteiger partial charge >= 0.3 is 5.97 Å². The number of aliphatic hydroxyl groups is 2. The molecule has 0 unspecified atom stereocenters. The van der Waals surface area contributed by atoms with E-state index in [1.54, 1.807) is 104 Å². The highest BCUT2D eigenvalue weighted by Gasteiger charge is 2.43. The summed E-state index contributed by atoms with van der Waals surface area (Å²) in [4.78, 5) is 75.6. The fourth-order valence-corrected chi connectivity index (χ4v) is 7.35. The Balaban J connectivity index is 0.000000215. The first kappa shape index (κ1) is 47.2. The number of esters is 1. The zero-order valence-electron chi connectivity index (χ0n) is 35.9. The third kappa shape index (κ3) is 9.04. The fraction of sp³-hybridized carbons (Fsp3) is 0.250. The van der Waals surface area contributed by atoms with Gasteiger partial charge < -0.3 is 41.1 Å². The zero-order valence-corrected chi connectivity index (χ0v) is 35.9. The number of carbonyl (C=O) groups is 6. The SMILES string of the molecule is C.CNC(=O)c1ccc2c(c1)c(C(=O)OC)nn2-c1cccc(C#C[C@]2(O)CCN(C)C2=O)c1.CNC(=O)c1ccc2c(c1)c(C(N)=O)nn2-c1cccc(C#C[C@]2(O)CCN(C)C2=O)c1. The summed E-state index contributed by atoms with van der Waals surface area (Å²) in [5.41, 5.74) is 6.51. The molecular weight excluding hydrogens is 847 g/mol. The number of nitrogens with one attached hydrogen (secondary N) is 2. The monoisotopic (exact) mass is 893 g/mol. The van der Waals surface area contributed by atoms with E-state index in [-0.39, 0.29) is 43.5 Å². The molecule has 0 radical (unpaired) electrons. The molecule has 2 fully saturated rings. The first-order valence-electron chi connectivity index (χ1n) is 20.1. The largest absolute Gasteiger partial charge is 0.464 e. The topological polar surface area (TPSA) is 244 Å². The van der Waals surface area contributed by atoms with Crippen molar-refractivity contribution in [1.82, 2.24) is 40.0 Å². The van der Waals surface area contributed by atoms with Gasteiger partial charge in [0.1, 0.15) is 0 Å². The second-order valence-electron chi connectivity index (χ2n) is 15.3. The Bertz CT molecular complexity index is 3100. The van der Waals surface area contributed by atoms with E-state index >= 15 is 0 Å². The predicted octanol–water partition coefficient (Wildman–Crippen LogP) is 2.18. The van der Waals surface area contributed by atoms with Crippen LogP contribution < -0.4 is 16.4 Å². The van der Waals surface area contributed by atoms with Crippen molar-refractivity contribution in [3.05, 3.63) is 119 Å². The van der Waals surface area contributed by atoms with Crippen LogP contribution in [0.3, 0.4) is 0 Å². The summed E-state index contributed by atoms with van der Waals surface area (Å²) in [5, 5.41) is 35.8. The van der Waals surface area contributed by atoms with E-state index in [9.17, 15) is 39.0 Å². The highest BCUT2D eigenvalue weighted by atomic mass is 16.5. The quantitative estimate of drug-likeness (QED) is 0.120. The number of carbonyl (C=O) groups excluding carboxylic acids is 6. The Morgan fingerprint density at radius 2 is 1.11 bits per heavy atom. The maximum absolute atomic E-state index is 12.3. The van der Waals surface area contributed by atoms with Gasteiger partial charge in [0.2, 0.25) is 11.2 Å². The van der Waals surface area contributed by atoms with E-state index in [0.29, 0.717) is 68.5 Å². The van der Waals surface area contributed by atoms with Gasteiger partial charge in [-0.1, -0.05) is 43.2 Å². The van der Waals surface area contributed by atoms with Crippen LogP contribution in [0.2, 0.25) is 0 Å². The molecule has 18 heteroatoms. The Labute approximate surface area is 379 Å². The Hall–Kier alpha value is -8.32. The van der Waals surface area contributed by atoms with Crippen LogP contribution in [0.5, 0.6) is 0 Å². The van der Waals surface area contributed by atoms with Gasteiger partial charge in [0.05, 0.1) is 29.5 Å². The lowest BCUT2D eigenvalue weighted by atomic mass is 10.0. The Morgan fingerprint density at radius 1 is 0.682 bits per heavy atom. The van der Waals surface area contributed by atoms with Crippen molar-refractivity contribution in [2.45, 2.75) is 31.5 Å². The molecule has 6 aromatic rings. The molecule has 6 N–H and O–H groups in total. The van der Waals surface area contributed by atoms with Crippen molar-refractivity contribution < 1.29 is 43.7 Å². The minimum Gasteiger partial charge on any atom is -0.464 e. The molecule has 66 heavy (non-hydrogen) atoms. The van der Waals surface area contributed by atoms with Crippen LogP contribution in [-0.2, 0) is 14.3 Å². The number of rotatable bonds is 6. The lowest BCUT2D eigenvalue weighted by Crippen LogP contribution is -2.37. The number of primary amides is 1. The van der Waals surface area contributed by atoms with Gasteiger partial charge in [0.25, 0.3) is 29.5 Å². The number of likely N-dealkylation sites (tertiary alicyclic amines) is 2. The summed E-state index contributed by atoms with van der Waals surface area (Å²) in [6.07, 6.45) is 0.490. The molecule has 2 aliphatic rings. The number of methoxy groups -OCH3 is 1. The zero-order chi connectivity index (χ0) is 46.8. The first-order chi connectivity index (χ1) is 31.0. The molecule has 0 aliphatic carbocycles. The summed E-state index contributed by atoms with van der Waals surface area (Å²) in [7, 11) is 7.55. The van der Waals surface area contributed by atoms with E-state index in [4.69, 9.17) is 10.5 Å². The third-order valence-electron chi connectivity index (χ3n) is 11.0. The van der Waals surface area contributed by atoms with Crippen LogP contribution in [0.1, 0.15) is 73.1 Å². The van der Waals surface area contributed by atoms with Crippen molar-refractivity contribution in [1.29, 1.82) is 0 Å². The van der Waals surface area contributed by atoms with Gasteiger partial charge in [-0.25, -0.2) is 14.2 Å². The van der Waals surface area contributed by atoms with Crippen molar-refractivity contribution in [3.63, 3.8) is 0 Å². The summed E-state index contributed by atoms with van der Waals surface area (Å²) < 4.78 is 7.97. The van der Waals surface area contributed by atoms with E-state index in [1.807, 2.05) is 0 Å². The second kappa shape index (κ2) is 18.8. The van der Waals surface area contributed by atoms with Gasteiger partial charge in [-0.3, -0.25) is 24.0 Å². The maximum Gasteiger partial charge on any atom is 0.359 e. The molecule has 18 nitrogen and oxygen atoms in total. The molecule has 4 heterocycles. The molecule has 8 rings (SSSR count). The van der Waals surface area contributed by atoms with Crippen molar-refractivity contribution in [3.8, 4) is 35.1 Å². The summed E-state index contributed by atoms with van der Waals surface area (Å²) in [5.74, 6) is 8.35. The lowest BCUT2D eigenvalue weighted by molar-refractivity contribution is -0.138. The Morgan fingerprint density at radius 3 is 1.48 bits per heavy atom. The number of benzene rings is 4. The molecule has 0 bridgehead atoms. The molecule has 0 saturated carbocycles. The van der Waals surface area contributed by atoms with Crippen LogP contribution in [0.4, 0.5) is 0 Å². The van der Waals surface area contributed by atoms with Gasteiger partial charge in [-0.05, 0) is 72.8 Å². The lowest BCUT2D eigenvalue weighted by Gasteiger charge is -2.13.